The quantitative estimate of drug-likeness (QED) is 0.276. The summed E-state index contributed by atoms with van der Waals surface area (Å²) in [5, 5.41) is 18.4. The van der Waals surface area contributed by atoms with Crippen LogP contribution in [-0.2, 0) is 25.7 Å². The molecule has 0 aromatic heterocycles. The van der Waals surface area contributed by atoms with Gasteiger partial charge >= 0.3 is 11.9 Å². The summed E-state index contributed by atoms with van der Waals surface area (Å²) in [5.41, 5.74) is 1.53. The molecular weight excluding hydrogens is 324 g/mol. The van der Waals surface area contributed by atoms with E-state index in [1.165, 1.54) is 0 Å². The van der Waals surface area contributed by atoms with Gasteiger partial charge in [0.1, 0.15) is 6.61 Å². The van der Waals surface area contributed by atoms with Crippen molar-refractivity contribution in [3.8, 4) is 0 Å². The molecule has 1 aromatic rings. The molecule has 6 nitrogen and oxygen atoms in total. The number of aliphatic hydroxyl groups is 2. The third-order valence-electron chi connectivity index (χ3n) is 3.29. The number of carbonyl (C=O) groups excluding carboxylic acids is 2. The van der Waals surface area contributed by atoms with Crippen LogP contribution in [0.15, 0.2) is 49.1 Å². The molecule has 0 amide bonds. The second kappa shape index (κ2) is 12.0. The third-order valence-corrected chi connectivity index (χ3v) is 3.29. The first-order chi connectivity index (χ1) is 12.1. The van der Waals surface area contributed by atoms with Crippen LogP contribution in [0, 0.1) is 0 Å². The minimum atomic E-state index is -0.650. The Morgan fingerprint density at radius 2 is 1.72 bits per heavy atom. The lowest BCUT2D eigenvalue weighted by Gasteiger charge is -2.09. The molecule has 0 saturated heterocycles. The molecule has 1 rings (SSSR count). The van der Waals surface area contributed by atoms with Crippen LogP contribution in [0.3, 0.4) is 0 Å². The topological polar surface area (TPSA) is 93.1 Å². The number of aliphatic hydroxyl groups excluding tert-OH is 2. The Labute approximate surface area is 147 Å². The Hall–Kier alpha value is -2.44. The van der Waals surface area contributed by atoms with Crippen molar-refractivity contribution in [1.82, 2.24) is 0 Å². The summed E-state index contributed by atoms with van der Waals surface area (Å²) < 4.78 is 9.86. The Balaban J connectivity index is 2.34. The summed E-state index contributed by atoms with van der Waals surface area (Å²) in [4.78, 5) is 22.9. The molecule has 25 heavy (non-hydrogen) atoms. The van der Waals surface area contributed by atoms with E-state index in [1.807, 2.05) is 0 Å². The summed E-state index contributed by atoms with van der Waals surface area (Å²) in [6.45, 7) is 3.89. The Bertz CT molecular complexity index is 576. The van der Waals surface area contributed by atoms with Gasteiger partial charge in [-0.05, 0) is 30.4 Å². The van der Waals surface area contributed by atoms with Gasteiger partial charge in [-0.25, -0.2) is 9.59 Å². The van der Waals surface area contributed by atoms with Crippen molar-refractivity contribution in [3.05, 3.63) is 60.2 Å². The molecule has 0 heterocycles. The average molecular weight is 348 g/mol. The second-order valence-corrected chi connectivity index (χ2v) is 5.32. The molecule has 0 bridgehead atoms. The number of ether oxygens (including phenoxy) is 2. The predicted octanol–water partition coefficient (Wildman–Crippen LogP) is 2.21. The lowest BCUT2D eigenvalue weighted by Crippen LogP contribution is -2.06. The molecule has 0 aliphatic rings. The van der Waals surface area contributed by atoms with Crippen LogP contribution in [0.25, 0.3) is 0 Å². The minimum absolute atomic E-state index is 0.0495. The summed E-state index contributed by atoms with van der Waals surface area (Å²) in [5.74, 6) is -1.28. The lowest BCUT2D eigenvalue weighted by molar-refractivity contribution is -0.141. The largest absolute Gasteiger partial charge is 0.463 e. The number of carbonyl (C=O) groups is 2. The van der Waals surface area contributed by atoms with Gasteiger partial charge in [0.25, 0.3) is 0 Å². The fourth-order valence-electron chi connectivity index (χ4n) is 1.90. The zero-order valence-corrected chi connectivity index (χ0v) is 14.1. The van der Waals surface area contributed by atoms with Crippen molar-refractivity contribution < 1.29 is 29.3 Å². The smallest absolute Gasteiger partial charge is 0.331 e. The number of unbranched alkanes of at least 4 members (excludes halogenated alkanes) is 1. The summed E-state index contributed by atoms with van der Waals surface area (Å²) in [6.07, 6.45) is 4.66. The van der Waals surface area contributed by atoms with Crippen LogP contribution in [-0.4, -0.2) is 35.4 Å². The number of rotatable bonds is 11. The van der Waals surface area contributed by atoms with E-state index in [0.29, 0.717) is 19.3 Å². The van der Waals surface area contributed by atoms with Crippen LogP contribution in [0.4, 0.5) is 0 Å². The molecule has 0 fully saturated rings. The molecule has 0 spiro atoms. The molecule has 0 aliphatic heterocycles. The highest BCUT2D eigenvalue weighted by molar-refractivity contribution is 5.91. The maximum atomic E-state index is 11.6. The zero-order chi connectivity index (χ0) is 18.5. The van der Waals surface area contributed by atoms with E-state index >= 15 is 0 Å². The maximum Gasteiger partial charge on any atom is 0.331 e. The number of hydrogen-bond acceptors (Lipinski definition) is 6. The highest BCUT2D eigenvalue weighted by Gasteiger charge is 2.06. The maximum absolute atomic E-state index is 11.6. The van der Waals surface area contributed by atoms with Crippen molar-refractivity contribution in [3.63, 3.8) is 0 Å². The fraction of sp³-hybridized carbons (Fsp3) is 0.368. The first-order valence-electron chi connectivity index (χ1n) is 8.07. The minimum Gasteiger partial charge on any atom is -0.463 e. The van der Waals surface area contributed by atoms with Gasteiger partial charge in [-0.15, -0.1) is 6.58 Å². The molecule has 1 unspecified atom stereocenters. The summed E-state index contributed by atoms with van der Waals surface area (Å²) in [7, 11) is 0. The van der Waals surface area contributed by atoms with E-state index in [0.717, 1.165) is 23.3 Å². The van der Waals surface area contributed by atoms with Crippen molar-refractivity contribution >= 4 is 11.9 Å². The van der Waals surface area contributed by atoms with E-state index in [-0.39, 0.29) is 19.8 Å². The number of hydrogen-bond donors (Lipinski definition) is 2. The first-order valence-corrected chi connectivity index (χ1v) is 8.07. The predicted molar refractivity (Wildman–Crippen MR) is 92.4 cm³/mol. The SMILES string of the molecule is C=CCC(O)c1ccc(COC(=O)/C=C\C(=O)OCCCCO)cc1. The highest BCUT2D eigenvalue weighted by Crippen LogP contribution is 2.17. The van der Waals surface area contributed by atoms with Crippen LogP contribution >= 0.6 is 0 Å². The molecule has 2 N–H and O–H groups in total. The van der Waals surface area contributed by atoms with Gasteiger partial charge in [-0.1, -0.05) is 30.3 Å². The molecule has 1 atom stereocenters. The van der Waals surface area contributed by atoms with Crippen molar-refractivity contribution in [1.29, 1.82) is 0 Å². The van der Waals surface area contributed by atoms with Crippen molar-refractivity contribution in [2.75, 3.05) is 13.2 Å². The molecule has 0 radical (unpaired) electrons. The molecule has 6 heteroatoms. The molecular formula is C19H24O6. The van der Waals surface area contributed by atoms with Gasteiger partial charge < -0.3 is 19.7 Å². The lowest BCUT2D eigenvalue weighted by atomic mass is 10.1. The monoisotopic (exact) mass is 348 g/mol. The second-order valence-electron chi connectivity index (χ2n) is 5.32. The van der Waals surface area contributed by atoms with Crippen molar-refractivity contribution in [2.45, 2.75) is 32.0 Å². The van der Waals surface area contributed by atoms with Gasteiger partial charge in [-0.2, -0.15) is 0 Å². The summed E-state index contributed by atoms with van der Waals surface area (Å²) in [6, 6.07) is 7.04. The molecule has 1 aromatic carbocycles. The van der Waals surface area contributed by atoms with E-state index in [9.17, 15) is 14.7 Å². The van der Waals surface area contributed by atoms with Gasteiger partial charge in [0.05, 0.1) is 12.7 Å². The van der Waals surface area contributed by atoms with Crippen LogP contribution < -0.4 is 0 Å². The molecule has 0 saturated carbocycles. The van der Waals surface area contributed by atoms with Crippen LogP contribution in [0.1, 0.15) is 36.5 Å². The fourth-order valence-corrected chi connectivity index (χ4v) is 1.90. The van der Waals surface area contributed by atoms with E-state index in [2.05, 4.69) is 6.58 Å². The Morgan fingerprint density at radius 3 is 2.32 bits per heavy atom. The van der Waals surface area contributed by atoms with E-state index in [4.69, 9.17) is 14.6 Å². The standard InChI is InChI=1S/C19H24O6/c1-2-5-17(21)16-8-6-15(7-9-16)14-25-19(23)11-10-18(22)24-13-4-3-12-20/h2,6-11,17,20-21H,1,3-5,12-14H2/b11-10-. The Kier molecular flexibility index (Phi) is 9.89. The van der Waals surface area contributed by atoms with Crippen molar-refractivity contribution in [2.24, 2.45) is 0 Å². The Morgan fingerprint density at radius 1 is 1.08 bits per heavy atom. The normalized spacial score (nSPS) is 11.9. The molecule has 136 valence electrons. The third kappa shape index (κ3) is 8.83. The number of esters is 2. The average Bonchev–Trinajstić information content (AvgIpc) is 2.62. The number of benzene rings is 1. The first kappa shape index (κ1) is 20.6. The van der Waals surface area contributed by atoms with Gasteiger partial charge in [-0.3, -0.25) is 0 Å². The molecule has 0 aliphatic carbocycles. The summed E-state index contributed by atoms with van der Waals surface area (Å²) >= 11 is 0. The van der Waals surface area contributed by atoms with Gasteiger partial charge in [0.2, 0.25) is 0 Å². The highest BCUT2D eigenvalue weighted by atomic mass is 16.5. The van der Waals surface area contributed by atoms with Gasteiger partial charge in [0.15, 0.2) is 0 Å². The van der Waals surface area contributed by atoms with E-state index < -0.39 is 18.0 Å². The zero-order valence-electron chi connectivity index (χ0n) is 14.1. The van der Waals surface area contributed by atoms with E-state index in [1.54, 1.807) is 30.3 Å². The van der Waals surface area contributed by atoms with Crippen LogP contribution in [0.2, 0.25) is 0 Å². The van der Waals surface area contributed by atoms with Crippen LogP contribution in [0.5, 0.6) is 0 Å². The van der Waals surface area contributed by atoms with Gasteiger partial charge in [0, 0.05) is 18.8 Å².